The van der Waals surface area contributed by atoms with Crippen molar-refractivity contribution in [2.24, 2.45) is 11.3 Å². The number of amides is 3. The molecule has 0 aromatic heterocycles. The monoisotopic (exact) mass is 355 g/mol. The van der Waals surface area contributed by atoms with E-state index in [0.29, 0.717) is 13.1 Å². The lowest BCUT2D eigenvalue weighted by Gasteiger charge is -2.40. The van der Waals surface area contributed by atoms with Gasteiger partial charge in [0.05, 0.1) is 0 Å². The highest BCUT2D eigenvalue weighted by Gasteiger charge is 2.35. The minimum atomic E-state index is -1.15. The van der Waals surface area contributed by atoms with Gasteiger partial charge in [-0.2, -0.15) is 0 Å². The molecular weight excluding hydrogens is 322 g/mol. The van der Waals surface area contributed by atoms with E-state index in [1.165, 1.54) is 6.92 Å². The minimum absolute atomic E-state index is 0.0554. The molecule has 1 aliphatic rings. The van der Waals surface area contributed by atoms with E-state index < -0.39 is 23.8 Å². The molecule has 144 valence electrons. The van der Waals surface area contributed by atoms with Gasteiger partial charge in [0.1, 0.15) is 6.04 Å². The Morgan fingerprint density at radius 2 is 1.80 bits per heavy atom. The number of piperidine rings is 1. The molecule has 7 nitrogen and oxygen atoms in total. The third-order valence-corrected chi connectivity index (χ3v) is 4.24. The Morgan fingerprint density at radius 3 is 2.28 bits per heavy atom. The molecule has 0 saturated carbocycles. The van der Waals surface area contributed by atoms with E-state index in [1.54, 1.807) is 13.8 Å². The first-order chi connectivity index (χ1) is 11.3. The highest BCUT2D eigenvalue weighted by molar-refractivity contribution is 5.87. The van der Waals surface area contributed by atoms with Gasteiger partial charge in [-0.3, -0.25) is 9.59 Å². The van der Waals surface area contributed by atoms with Crippen LogP contribution in [-0.4, -0.2) is 47.7 Å². The molecule has 1 rings (SSSR count). The van der Waals surface area contributed by atoms with Gasteiger partial charge in [0.2, 0.25) is 5.91 Å². The quantitative estimate of drug-likeness (QED) is 0.585. The third-order valence-electron chi connectivity index (χ3n) is 4.24. The van der Waals surface area contributed by atoms with E-state index in [2.05, 4.69) is 24.5 Å². The van der Waals surface area contributed by atoms with Crippen molar-refractivity contribution in [3.8, 4) is 0 Å². The molecule has 0 aliphatic carbocycles. The second-order valence-corrected chi connectivity index (χ2v) is 8.45. The van der Waals surface area contributed by atoms with Crippen molar-refractivity contribution < 1.29 is 19.1 Å². The first kappa shape index (κ1) is 21.3. The summed E-state index contributed by atoms with van der Waals surface area (Å²) in [6.45, 7) is 13.9. The second-order valence-electron chi connectivity index (χ2n) is 8.45. The van der Waals surface area contributed by atoms with Gasteiger partial charge in [-0.05, 0) is 38.0 Å². The Balaban J connectivity index is 2.75. The molecule has 1 unspecified atom stereocenters. The van der Waals surface area contributed by atoms with Gasteiger partial charge in [-0.15, -0.1) is 0 Å². The number of hydrogen-bond donors (Lipinski definition) is 2. The predicted molar refractivity (Wildman–Crippen MR) is 95.7 cm³/mol. The summed E-state index contributed by atoms with van der Waals surface area (Å²) in [5, 5.41) is 5.32. The maximum Gasteiger partial charge on any atom is 0.318 e. The van der Waals surface area contributed by atoms with Crippen molar-refractivity contribution >= 4 is 17.9 Å². The first-order valence-electron chi connectivity index (χ1n) is 8.90. The van der Waals surface area contributed by atoms with Crippen LogP contribution < -0.4 is 10.6 Å². The SMILES string of the molecule is CC(=O)OC(C)(C)NC(=O)NC(C(=O)N1CCCC(C)(C)C1)C(C)C. The van der Waals surface area contributed by atoms with Crippen LogP contribution in [0.3, 0.4) is 0 Å². The normalized spacial score (nSPS) is 18.5. The van der Waals surface area contributed by atoms with Crippen molar-refractivity contribution in [2.45, 2.75) is 73.1 Å². The van der Waals surface area contributed by atoms with Gasteiger partial charge in [0.15, 0.2) is 5.72 Å². The number of urea groups is 1. The lowest BCUT2D eigenvalue weighted by Crippen LogP contribution is -2.59. The molecule has 1 aliphatic heterocycles. The zero-order valence-electron chi connectivity index (χ0n) is 16.6. The Kier molecular flexibility index (Phi) is 6.85. The minimum Gasteiger partial charge on any atom is -0.440 e. The van der Waals surface area contributed by atoms with E-state index in [1.807, 2.05) is 18.7 Å². The summed E-state index contributed by atoms with van der Waals surface area (Å²) >= 11 is 0. The van der Waals surface area contributed by atoms with E-state index in [4.69, 9.17) is 4.74 Å². The zero-order valence-corrected chi connectivity index (χ0v) is 16.6. The van der Waals surface area contributed by atoms with Crippen molar-refractivity contribution in [1.29, 1.82) is 0 Å². The molecule has 3 amide bonds. The molecule has 25 heavy (non-hydrogen) atoms. The summed E-state index contributed by atoms with van der Waals surface area (Å²) in [7, 11) is 0. The van der Waals surface area contributed by atoms with Crippen molar-refractivity contribution in [2.75, 3.05) is 13.1 Å². The lowest BCUT2D eigenvalue weighted by atomic mass is 9.83. The number of hydrogen-bond acceptors (Lipinski definition) is 4. The largest absolute Gasteiger partial charge is 0.440 e. The summed E-state index contributed by atoms with van der Waals surface area (Å²) < 4.78 is 5.05. The average Bonchev–Trinajstić information content (AvgIpc) is 2.40. The molecule has 0 radical (unpaired) electrons. The number of nitrogens with zero attached hydrogens (tertiary/aromatic N) is 1. The van der Waals surface area contributed by atoms with Crippen LogP contribution in [0.1, 0.15) is 61.3 Å². The Hall–Kier alpha value is -1.79. The Bertz CT molecular complexity index is 514. The predicted octanol–water partition coefficient (Wildman–Crippen LogP) is 2.26. The zero-order chi connectivity index (χ0) is 19.4. The third kappa shape index (κ3) is 6.92. The van der Waals surface area contributed by atoms with E-state index in [0.717, 1.165) is 12.8 Å². The van der Waals surface area contributed by atoms with E-state index in [-0.39, 0.29) is 17.2 Å². The summed E-state index contributed by atoms with van der Waals surface area (Å²) in [5.74, 6) is -0.610. The van der Waals surface area contributed by atoms with Crippen LogP contribution in [0.25, 0.3) is 0 Å². The molecule has 1 heterocycles. The number of carbonyl (C=O) groups is 3. The molecule has 1 atom stereocenters. The van der Waals surface area contributed by atoms with E-state index >= 15 is 0 Å². The highest BCUT2D eigenvalue weighted by Crippen LogP contribution is 2.29. The van der Waals surface area contributed by atoms with Gasteiger partial charge in [-0.1, -0.05) is 27.7 Å². The summed E-state index contributed by atoms with van der Waals surface area (Å²) in [4.78, 5) is 38.1. The van der Waals surface area contributed by atoms with Crippen molar-refractivity contribution in [1.82, 2.24) is 15.5 Å². The van der Waals surface area contributed by atoms with Gasteiger partial charge < -0.3 is 20.3 Å². The van der Waals surface area contributed by atoms with Crippen LogP contribution in [0, 0.1) is 11.3 Å². The van der Waals surface area contributed by atoms with Crippen LogP contribution in [0.2, 0.25) is 0 Å². The summed E-state index contributed by atoms with van der Waals surface area (Å²) in [5.41, 5.74) is -1.05. The highest BCUT2D eigenvalue weighted by atomic mass is 16.6. The van der Waals surface area contributed by atoms with Crippen LogP contribution in [0.5, 0.6) is 0 Å². The van der Waals surface area contributed by atoms with Crippen LogP contribution in [0.15, 0.2) is 0 Å². The van der Waals surface area contributed by atoms with Crippen molar-refractivity contribution in [3.63, 3.8) is 0 Å². The maximum atomic E-state index is 12.9. The fourth-order valence-corrected chi connectivity index (χ4v) is 3.16. The summed E-state index contributed by atoms with van der Waals surface area (Å²) in [6, 6.07) is -1.16. The number of esters is 1. The Morgan fingerprint density at radius 1 is 1.20 bits per heavy atom. The first-order valence-corrected chi connectivity index (χ1v) is 8.90. The molecular formula is C18H33N3O4. The second kappa shape index (κ2) is 8.06. The number of carbonyl (C=O) groups excluding carboxylic acids is 3. The number of ether oxygens (including phenoxy) is 1. The van der Waals surface area contributed by atoms with Crippen LogP contribution in [0.4, 0.5) is 4.79 Å². The molecule has 0 aromatic rings. The average molecular weight is 355 g/mol. The van der Waals surface area contributed by atoms with Gasteiger partial charge in [0.25, 0.3) is 0 Å². The molecule has 0 spiro atoms. The fourth-order valence-electron chi connectivity index (χ4n) is 3.16. The molecule has 1 fully saturated rings. The molecule has 1 saturated heterocycles. The Labute approximate surface area is 150 Å². The number of nitrogens with one attached hydrogen (secondary N) is 2. The van der Waals surface area contributed by atoms with Gasteiger partial charge >= 0.3 is 12.0 Å². The topological polar surface area (TPSA) is 87.7 Å². The molecule has 0 aromatic carbocycles. The number of rotatable bonds is 5. The van der Waals surface area contributed by atoms with Crippen LogP contribution in [-0.2, 0) is 14.3 Å². The van der Waals surface area contributed by atoms with Crippen molar-refractivity contribution in [3.05, 3.63) is 0 Å². The van der Waals surface area contributed by atoms with Gasteiger partial charge in [0, 0.05) is 20.0 Å². The van der Waals surface area contributed by atoms with Gasteiger partial charge in [-0.25, -0.2) is 4.79 Å². The maximum absolute atomic E-state index is 12.9. The van der Waals surface area contributed by atoms with Crippen LogP contribution >= 0.6 is 0 Å². The smallest absolute Gasteiger partial charge is 0.318 e. The molecule has 2 N–H and O–H groups in total. The standard InChI is InChI=1S/C18H33N3O4/c1-12(2)14(15(23)21-10-8-9-17(4,5)11-21)19-16(24)20-18(6,7)25-13(3)22/h12,14H,8-11H2,1-7H3,(H2,19,20,24). The molecule has 0 bridgehead atoms. The fraction of sp³-hybridized carbons (Fsp3) is 0.833. The summed E-state index contributed by atoms with van der Waals surface area (Å²) in [6.07, 6.45) is 2.06. The van der Waals surface area contributed by atoms with E-state index in [9.17, 15) is 14.4 Å². The lowest BCUT2D eigenvalue weighted by molar-refractivity contribution is -0.155. The molecule has 7 heteroatoms. The number of likely N-dealkylation sites (tertiary alicyclic amines) is 1.